The second-order valence-electron chi connectivity index (χ2n) is 9.16. The summed E-state index contributed by atoms with van der Waals surface area (Å²) in [5.74, 6) is 1.96. The van der Waals surface area contributed by atoms with E-state index >= 15 is 0 Å². The molecule has 1 amide bonds. The van der Waals surface area contributed by atoms with Gasteiger partial charge in [-0.05, 0) is 69.1 Å². The number of benzene rings is 1. The molecule has 184 valence electrons. The van der Waals surface area contributed by atoms with Gasteiger partial charge in [-0.25, -0.2) is 8.78 Å². The number of halogens is 3. The maximum absolute atomic E-state index is 13.7. The maximum Gasteiger partial charge on any atom is 0.306 e. The summed E-state index contributed by atoms with van der Waals surface area (Å²) in [6.45, 7) is 3.37. The number of carbonyl (C=O) groups excluding carboxylic acids is 1. The van der Waals surface area contributed by atoms with Crippen LogP contribution in [0.2, 0.25) is 0 Å². The number of nitrogens with zero attached hydrogens (tertiary/aromatic N) is 1. The molecule has 0 saturated heterocycles. The molecule has 1 unspecified atom stereocenters. The predicted octanol–water partition coefficient (Wildman–Crippen LogP) is 2.89. The van der Waals surface area contributed by atoms with Crippen molar-refractivity contribution in [3.8, 4) is 11.8 Å². The van der Waals surface area contributed by atoms with Gasteiger partial charge in [0.2, 0.25) is 0 Å². The van der Waals surface area contributed by atoms with Crippen molar-refractivity contribution in [2.45, 2.75) is 57.3 Å². The molecule has 1 aliphatic heterocycles. The van der Waals surface area contributed by atoms with E-state index in [9.17, 15) is 23.5 Å². The molecule has 1 aromatic rings. The Kier molecular flexibility index (Phi) is 8.05. The van der Waals surface area contributed by atoms with Gasteiger partial charge < -0.3 is 25.7 Å². The third kappa shape index (κ3) is 6.61. The highest BCUT2D eigenvalue weighted by Gasteiger charge is 2.35. The molecule has 1 aromatic carbocycles. The molecule has 0 aromatic heterocycles. The summed E-state index contributed by atoms with van der Waals surface area (Å²) in [5, 5.41) is 24.9. The minimum Gasteiger partial charge on any atom is -0.481 e. The highest BCUT2D eigenvalue weighted by atomic mass is 35.5. The zero-order valence-electron chi connectivity index (χ0n) is 19.0. The van der Waals surface area contributed by atoms with Gasteiger partial charge in [-0.3, -0.25) is 9.59 Å². The van der Waals surface area contributed by atoms with E-state index in [0.29, 0.717) is 37.8 Å². The molecule has 10 heteroatoms. The minimum atomic E-state index is -1.31. The Morgan fingerprint density at radius 3 is 2.50 bits per heavy atom. The lowest BCUT2D eigenvalue weighted by molar-refractivity contribution is -0.143. The van der Waals surface area contributed by atoms with Crippen LogP contribution in [0.3, 0.4) is 0 Å². The van der Waals surface area contributed by atoms with Gasteiger partial charge in [-0.2, -0.15) is 0 Å². The van der Waals surface area contributed by atoms with Crippen LogP contribution in [0.25, 0.3) is 0 Å². The van der Waals surface area contributed by atoms with Crippen LogP contribution in [0.15, 0.2) is 29.6 Å². The lowest BCUT2D eigenvalue weighted by atomic mass is 9.82. The molecule has 0 spiro atoms. The van der Waals surface area contributed by atoms with Crippen LogP contribution >= 0.6 is 11.6 Å². The van der Waals surface area contributed by atoms with Crippen molar-refractivity contribution in [3.05, 3.63) is 46.8 Å². The van der Waals surface area contributed by atoms with Crippen molar-refractivity contribution < 1.29 is 28.6 Å². The fourth-order valence-electron chi connectivity index (χ4n) is 4.01. The molecule has 1 fully saturated rings. The van der Waals surface area contributed by atoms with Crippen LogP contribution < -0.4 is 10.6 Å². The molecule has 1 atom stereocenters. The van der Waals surface area contributed by atoms with Gasteiger partial charge >= 0.3 is 5.97 Å². The number of aliphatic carboxylic acids is 1. The molecule has 0 bridgehead atoms. The number of alkyl halides is 1. The van der Waals surface area contributed by atoms with E-state index in [4.69, 9.17) is 16.7 Å². The lowest BCUT2D eigenvalue weighted by Gasteiger charge is -2.27. The number of rotatable bonds is 6. The molecular formula is C24H28ClF2N3O4. The largest absolute Gasteiger partial charge is 0.481 e. The van der Waals surface area contributed by atoms with Gasteiger partial charge in [0, 0.05) is 13.1 Å². The first-order valence-electron chi connectivity index (χ1n) is 11.1. The average Bonchev–Trinajstić information content (AvgIpc) is 3.08. The smallest absolute Gasteiger partial charge is 0.306 e. The summed E-state index contributed by atoms with van der Waals surface area (Å²) in [6.07, 6.45) is 2.51. The number of amides is 1. The molecule has 7 nitrogen and oxygen atoms in total. The first-order chi connectivity index (χ1) is 15.9. The summed E-state index contributed by atoms with van der Waals surface area (Å²) in [7, 11) is 0. The topological polar surface area (TPSA) is 102 Å². The summed E-state index contributed by atoms with van der Waals surface area (Å²) in [5.41, 5.74) is -1.46. The molecule has 3 rings (SSSR count). The Hall–Kier alpha value is -2.83. The molecule has 1 aliphatic carbocycles. The zero-order chi connectivity index (χ0) is 25.0. The van der Waals surface area contributed by atoms with E-state index in [0.717, 1.165) is 12.1 Å². The first-order valence-corrected chi connectivity index (χ1v) is 11.5. The Morgan fingerprint density at radius 2 is 1.91 bits per heavy atom. The van der Waals surface area contributed by atoms with Crippen LogP contribution in [-0.2, 0) is 16.1 Å². The number of hydrogen-bond acceptors (Lipinski definition) is 5. The molecule has 34 heavy (non-hydrogen) atoms. The summed E-state index contributed by atoms with van der Waals surface area (Å²) < 4.78 is 27.1. The number of nitrogens with one attached hydrogen (secondary N) is 2. The Balaban J connectivity index is 1.79. The van der Waals surface area contributed by atoms with Crippen LogP contribution in [0.1, 0.15) is 45.1 Å². The summed E-state index contributed by atoms with van der Waals surface area (Å²) >= 11 is 6.42. The SMILES string of the molecule is CC(C)(O)C#CC1=C(C(=O)NC[C@H]2CC[C@H](C(=O)O)CC2)N(Cc2ccc(F)c(F)c2)C(Cl)N1. The molecule has 4 N–H and O–H groups in total. The van der Waals surface area contributed by atoms with Crippen molar-refractivity contribution in [3.63, 3.8) is 0 Å². The van der Waals surface area contributed by atoms with Crippen LogP contribution in [0.4, 0.5) is 8.78 Å². The van der Waals surface area contributed by atoms with E-state index in [2.05, 4.69) is 22.5 Å². The first kappa shape index (κ1) is 25.8. The molecule has 1 saturated carbocycles. The molecular weight excluding hydrogens is 468 g/mol. The van der Waals surface area contributed by atoms with Gasteiger partial charge in [0.15, 0.2) is 17.3 Å². The number of allylic oxidation sites excluding steroid dienone is 1. The summed E-state index contributed by atoms with van der Waals surface area (Å²) in [4.78, 5) is 25.8. The fraction of sp³-hybridized carbons (Fsp3) is 0.500. The van der Waals surface area contributed by atoms with Crippen molar-refractivity contribution in [2.75, 3.05) is 6.54 Å². The van der Waals surface area contributed by atoms with Gasteiger partial charge in [0.05, 0.1) is 5.92 Å². The quantitative estimate of drug-likeness (QED) is 0.275. The van der Waals surface area contributed by atoms with Gasteiger partial charge in [-0.15, -0.1) is 0 Å². The third-order valence-corrected chi connectivity index (χ3v) is 6.20. The number of carboxylic acids is 1. The van der Waals surface area contributed by atoms with Crippen molar-refractivity contribution >= 4 is 23.5 Å². The van der Waals surface area contributed by atoms with Gasteiger partial charge in [-0.1, -0.05) is 23.6 Å². The van der Waals surface area contributed by atoms with Crippen LogP contribution in [-0.4, -0.2) is 44.8 Å². The number of carbonyl (C=O) groups is 2. The fourth-order valence-corrected chi connectivity index (χ4v) is 4.28. The number of aliphatic hydroxyl groups is 1. The number of hydrogen-bond donors (Lipinski definition) is 4. The molecule has 1 heterocycles. The Labute approximate surface area is 202 Å². The number of carboxylic acid groups (broad SMARTS) is 1. The second kappa shape index (κ2) is 10.6. The van der Waals surface area contributed by atoms with E-state index in [-0.39, 0.29) is 29.8 Å². The van der Waals surface area contributed by atoms with E-state index in [1.54, 1.807) is 0 Å². The minimum absolute atomic E-state index is 0.0124. The highest BCUT2D eigenvalue weighted by molar-refractivity contribution is 6.21. The Morgan fingerprint density at radius 1 is 1.24 bits per heavy atom. The van der Waals surface area contributed by atoms with Gasteiger partial charge in [0.1, 0.15) is 17.0 Å². The normalized spacial score (nSPS) is 22.6. The van der Waals surface area contributed by atoms with Crippen LogP contribution in [0.5, 0.6) is 0 Å². The van der Waals surface area contributed by atoms with E-state index in [1.165, 1.54) is 24.8 Å². The second-order valence-corrected chi connectivity index (χ2v) is 9.57. The summed E-state index contributed by atoms with van der Waals surface area (Å²) in [6, 6.07) is 3.44. The van der Waals surface area contributed by atoms with Crippen molar-refractivity contribution in [1.29, 1.82) is 0 Å². The van der Waals surface area contributed by atoms with Gasteiger partial charge in [0.25, 0.3) is 5.91 Å². The average molecular weight is 496 g/mol. The monoisotopic (exact) mass is 495 g/mol. The Bertz CT molecular complexity index is 1040. The van der Waals surface area contributed by atoms with Crippen LogP contribution in [0, 0.1) is 35.3 Å². The zero-order valence-corrected chi connectivity index (χ0v) is 19.8. The van der Waals surface area contributed by atoms with Crippen molar-refractivity contribution in [2.24, 2.45) is 11.8 Å². The van der Waals surface area contributed by atoms with E-state index < -0.39 is 34.7 Å². The predicted molar refractivity (Wildman–Crippen MR) is 122 cm³/mol. The third-order valence-electron chi connectivity index (χ3n) is 5.85. The molecule has 2 aliphatic rings. The maximum atomic E-state index is 13.7. The standard InChI is InChI=1S/C24H28ClF2N3O4/c1-24(2,34)10-9-19-20(21(31)28-12-14-3-6-16(7-4-14)22(32)33)30(23(25)29-19)13-15-5-8-17(26)18(27)11-15/h5,8,11,14,16,23,29,34H,3-4,6-7,12-13H2,1-2H3,(H,28,31)(H,32,33)/t14-,16-,23?. The lowest BCUT2D eigenvalue weighted by Crippen LogP contribution is -2.39. The molecule has 0 radical (unpaired) electrons. The van der Waals surface area contributed by atoms with Crippen molar-refractivity contribution in [1.82, 2.24) is 15.5 Å². The van der Waals surface area contributed by atoms with E-state index in [1.807, 2.05) is 0 Å². The highest BCUT2D eigenvalue weighted by Crippen LogP contribution is 2.29.